The van der Waals surface area contributed by atoms with E-state index in [1.165, 1.54) is 0 Å². The molecule has 0 atom stereocenters. The summed E-state index contributed by atoms with van der Waals surface area (Å²) in [6.07, 6.45) is 1.73. The summed E-state index contributed by atoms with van der Waals surface area (Å²) in [4.78, 5) is 25.2. The highest BCUT2D eigenvalue weighted by atomic mass is 19.2. The van der Waals surface area contributed by atoms with E-state index < -0.39 is 58.7 Å². The molecule has 9 heteroatoms. The first-order chi connectivity index (χ1) is 11.7. The second-order valence-corrected chi connectivity index (χ2v) is 5.95. The van der Waals surface area contributed by atoms with E-state index in [4.69, 9.17) is 0 Å². The van der Waals surface area contributed by atoms with Crippen LogP contribution in [0.15, 0.2) is 0 Å². The smallest absolute Gasteiger partial charge is 0.323 e. The molecule has 0 radical (unpaired) electrons. The summed E-state index contributed by atoms with van der Waals surface area (Å²) >= 11 is 0. The third kappa shape index (κ3) is 3.07. The maximum atomic E-state index is 13.8. The second kappa shape index (κ2) is 6.97. The van der Waals surface area contributed by atoms with Crippen molar-refractivity contribution in [3.63, 3.8) is 0 Å². The molecule has 25 heavy (non-hydrogen) atoms. The van der Waals surface area contributed by atoms with Crippen molar-refractivity contribution in [3.8, 4) is 0 Å². The lowest BCUT2D eigenvalue weighted by Crippen LogP contribution is -2.46. The van der Waals surface area contributed by atoms with Gasteiger partial charge in [-0.3, -0.25) is 9.69 Å². The van der Waals surface area contributed by atoms with Gasteiger partial charge in [0.15, 0.2) is 23.3 Å². The molecule has 1 aliphatic rings. The quantitative estimate of drug-likeness (QED) is 0.362. The van der Waals surface area contributed by atoms with Crippen LogP contribution in [-0.2, 0) is 11.3 Å². The van der Waals surface area contributed by atoms with Gasteiger partial charge in [0.2, 0.25) is 5.82 Å². The molecule has 0 saturated carbocycles. The largest absolute Gasteiger partial charge is 0.325 e. The Hall–Kier alpha value is -2.19. The Morgan fingerprint density at radius 2 is 1.28 bits per heavy atom. The van der Waals surface area contributed by atoms with Gasteiger partial charge in [0.05, 0.1) is 6.54 Å². The van der Waals surface area contributed by atoms with E-state index in [1.54, 1.807) is 13.8 Å². The molecule has 2 rings (SSSR count). The fourth-order valence-corrected chi connectivity index (χ4v) is 3.08. The minimum Gasteiger partial charge on any atom is -0.323 e. The molecule has 138 valence electrons. The van der Waals surface area contributed by atoms with Gasteiger partial charge in [-0.1, -0.05) is 26.7 Å². The number of carbonyl (C=O) groups excluding carboxylic acids is 2. The van der Waals surface area contributed by atoms with Gasteiger partial charge >= 0.3 is 6.03 Å². The highest BCUT2D eigenvalue weighted by molar-refractivity contribution is 6.06. The van der Waals surface area contributed by atoms with Crippen molar-refractivity contribution in [2.24, 2.45) is 0 Å². The summed E-state index contributed by atoms with van der Waals surface area (Å²) in [7, 11) is 0. The Bertz CT molecular complexity index is 688. The third-order valence-corrected chi connectivity index (χ3v) is 4.22. The van der Waals surface area contributed by atoms with Crippen LogP contribution in [0.3, 0.4) is 0 Å². The van der Waals surface area contributed by atoms with Gasteiger partial charge in [-0.05, 0) is 12.8 Å². The molecular weight excluding hydrogens is 347 g/mol. The number of imide groups is 1. The minimum absolute atomic E-state index is 0.305. The number of nitrogens with zero attached hydrogens (tertiary/aromatic N) is 1. The van der Waals surface area contributed by atoms with Crippen molar-refractivity contribution in [1.29, 1.82) is 0 Å². The average Bonchev–Trinajstić information content (AvgIpc) is 2.79. The number of halogens is 5. The lowest BCUT2D eigenvalue weighted by atomic mass is 9.88. The number of rotatable bonds is 6. The van der Waals surface area contributed by atoms with Crippen LogP contribution in [-0.4, -0.2) is 22.4 Å². The SMILES string of the molecule is CCCC1(CCC)NC(=O)N(Cc2c(F)c(F)c(F)c(F)c2F)C1=O. The lowest BCUT2D eigenvalue weighted by molar-refractivity contribution is -0.132. The van der Waals surface area contributed by atoms with Crippen molar-refractivity contribution < 1.29 is 31.5 Å². The second-order valence-electron chi connectivity index (χ2n) is 5.95. The number of amides is 3. The summed E-state index contributed by atoms with van der Waals surface area (Å²) in [5.74, 6) is -11.4. The van der Waals surface area contributed by atoms with Crippen molar-refractivity contribution in [1.82, 2.24) is 10.2 Å². The van der Waals surface area contributed by atoms with Crippen molar-refractivity contribution in [2.75, 3.05) is 0 Å². The zero-order valence-electron chi connectivity index (χ0n) is 13.7. The first kappa shape index (κ1) is 19.1. The Kier molecular flexibility index (Phi) is 5.34. The highest BCUT2D eigenvalue weighted by Crippen LogP contribution is 2.31. The molecule has 0 aliphatic carbocycles. The highest BCUT2D eigenvalue weighted by Gasteiger charge is 2.50. The maximum Gasteiger partial charge on any atom is 0.325 e. The Balaban J connectivity index is 2.42. The molecule has 0 spiro atoms. The fraction of sp³-hybridized carbons (Fsp3) is 0.500. The lowest BCUT2D eigenvalue weighted by Gasteiger charge is -2.25. The van der Waals surface area contributed by atoms with E-state index in [2.05, 4.69) is 5.32 Å². The Morgan fingerprint density at radius 1 is 0.840 bits per heavy atom. The zero-order chi connectivity index (χ0) is 18.9. The first-order valence-corrected chi connectivity index (χ1v) is 7.84. The number of hydrogen-bond acceptors (Lipinski definition) is 2. The van der Waals surface area contributed by atoms with Crippen molar-refractivity contribution in [2.45, 2.75) is 51.6 Å². The van der Waals surface area contributed by atoms with Gasteiger partial charge in [0.25, 0.3) is 5.91 Å². The first-order valence-electron chi connectivity index (χ1n) is 7.84. The summed E-state index contributed by atoms with van der Waals surface area (Å²) in [6.45, 7) is 2.55. The van der Waals surface area contributed by atoms with E-state index in [0.29, 0.717) is 30.6 Å². The normalized spacial score (nSPS) is 16.5. The number of hydrogen-bond donors (Lipinski definition) is 1. The van der Waals surface area contributed by atoms with Crippen LogP contribution in [0.4, 0.5) is 26.7 Å². The number of carbonyl (C=O) groups is 2. The number of urea groups is 1. The molecule has 0 bridgehead atoms. The van der Waals surface area contributed by atoms with Gasteiger partial charge < -0.3 is 5.32 Å². The monoisotopic (exact) mass is 364 g/mol. The number of benzene rings is 1. The van der Waals surface area contributed by atoms with Crippen molar-refractivity contribution >= 4 is 11.9 Å². The molecule has 0 unspecified atom stereocenters. The van der Waals surface area contributed by atoms with Crippen LogP contribution >= 0.6 is 0 Å². The fourth-order valence-electron chi connectivity index (χ4n) is 3.08. The van der Waals surface area contributed by atoms with Crippen LogP contribution in [0.25, 0.3) is 0 Å². The van der Waals surface area contributed by atoms with E-state index in [9.17, 15) is 31.5 Å². The topological polar surface area (TPSA) is 49.4 Å². The predicted molar refractivity (Wildman–Crippen MR) is 77.9 cm³/mol. The molecular formula is C16H17F5N2O2. The van der Waals surface area contributed by atoms with Crippen LogP contribution in [0, 0.1) is 29.1 Å². The van der Waals surface area contributed by atoms with E-state index in [1.807, 2.05) is 0 Å². The molecule has 1 heterocycles. The average molecular weight is 364 g/mol. The van der Waals surface area contributed by atoms with E-state index in [0.717, 1.165) is 0 Å². The summed E-state index contributed by atoms with van der Waals surface area (Å²) in [6, 6.07) is -0.921. The van der Waals surface area contributed by atoms with Crippen LogP contribution in [0.5, 0.6) is 0 Å². The van der Waals surface area contributed by atoms with Gasteiger partial charge in [0, 0.05) is 5.56 Å². The molecule has 1 fully saturated rings. The van der Waals surface area contributed by atoms with E-state index >= 15 is 0 Å². The molecule has 0 aromatic heterocycles. The van der Waals surface area contributed by atoms with Gasteiger partial charge in [0.1, 0.15) is 5.54 Å². The van der Waals surface area contributed by atoms with Crippen LogP contribution in [0.1, 0.15) is 45.1 Å². The Labute approximate surface area is 141 Å². The van der Waals surface area contributed by atoms with E-state index in [-0.39, 0.29) is 0 Å². The molecule has 3 amide bonds. The van der Waals surface area contributed by atoms with Gasteiger partial charge in [-0.25, -0.2) is 26.7 Å². The molecule has 1 aromatic carbocycles. The minimum atomic E-state index is -2.29. The summed E-state index contributed by atoms with van der Waals surface area (Å²) in [5.41, 5.74) is -2.44. The standard InChI is InChI=1S/C16H17F5N2O2/c1-3-5-16(6-4-2)14(24)23(15(25)22-16)7-8-9(17)11(19)13(21)12(20)10(8)18/h3-7H2,1-2H3,(H,22,25). The van der Waals surface area contributed by atoms with Crippen LogP contribution < -0.4 is 5.32 Å². The summed E-state index contributed by atoms with van der Waals surface area (Å²) in [5, 5.41) is 2.50. The van der Waals surface area contributed by atoms with Crippen LogP contribution in [0.2, 0.25) is 0 Å². The predicted octanol–water partition coefficient (Wildman–Crippen LogP) is 3.77. The maximum absolute atomic E-state index is 13.8. The van der Waals surface area contributed by atoms with Crippen molar-refractivity contribution in [3.05, 3.63) is 34.6 Å². The molecule has 4 nitrogen and oxygen atoms in total. The molecule has 1 aromatic rings. The summed E-state index contributed by atoms with van der Waals surface area (Å²) < 4.78 is 67.3. The molecule has 1 saturated heterocycles. The third-order valence-electron chi connectivity index (χ3n) is 4.22. The molecule has 1 N–H and O–H groups in total. The molecule has 1 aliphatic heterocycles. The number of nitrogens with one attached hydrogen (secondary N) is 1. The zero-order valence-corrected chi connectivity index (χ0v) is 13.7. The van der Waals surface area contributed by atoms with Gasteiger partial charge in [-0.2, -0.15) is 0 Å². The Morgan fingerprint density at radius 3 is 1.72 bits per heavy atom. The van der Waals surface area contributed by atoms with Gasteiger partial charge in [-0.15, -0.1) is 0 Å².